The Morgan fingerprint density at radius 3 is 1.62 bits per heavy atom. The summed E-state index contributed by atoms with van der Waals surface area (Å²) in [5, 5.41) is 16.3. The van der Waals surface area contributed by atoms with E-state index in [4.69, 9.17) is 24.5 Å². The quantitative estimate of drug-likeness (QED) is 0.250. The number of rotatable bonds is 6. The summed E-state index contributed by atoms with van der Waals surface area (Å²) in [6, 6.07) is 25.6. The van der Waals surface area contributed by atoms with Gasteiger partial charge in [0.15, 0.2) is 0 Å². The summed E-state index contributed by atoms with van der Waals surface area (Å²) in [6.45, 7) is 2.61. The molecule has 6 nitrogen and oxygen atoms in total. The van der Waals surface area contributed by atoms with Gasteiger partial charge in [0, 0.05) is 33.4 Å². The summed E-state index contributed by atoms with van der Waals surface area (Å²) in [7, 11) is 1.65. The van der Waals surface area contributed by atoms with Crippen LogP contribution in [0.1, 0.15) is 30.5 Å². The molecule has 0 aromatic heterocycles. The standard InChI is InChI=1S/C23H22O4.C2H4O2.W/c1-23(17-6-4-3-5-7-17,18-8-12-20(26-2)13-9-18)19-10-14-21(15-11-19)27-22(25)16-24;1-2(3)4;/h3-15,24H,16H2,1-2H3;1H3,(H,3,4);. The predicted octanol–water partition coefficient (Wildman–Crippen LogP) is 4.04. The van der Waals surface area contributed by atoms with E-state index in [9.17, 15) is 4.79 Å². The van der Waals surface area contributed by atoms with Crippen molar-refractivity contribution in [2.75, 3.05) is 13.7 Å². The first kappa shape index (κ1) is 27.1. The van der Waals surface area contributed by atoms with Crippen molar-refractivity contribution in [3.05, 3.63) is 95.6 Å². The molecule has 0 bridgehead atoms. The Hall–Kier alpha value is -2.95. The van der Waals surface area contributed by atoms with Crippen LogP contribution in [0.15, 0.2) is 78.9 Å². The van der Waals surface area contributed by atoms with Gasteiger partial charge in [-0.2, -0.15) is 0 Å². The summed E-state index contributed by atoms with van der Waals surface area (Å²) in [5.74, 6) is -0.299. The molecule has 0 aliphatic rings. The topological polar surface area (TPSA) is 93.1 Å². The van der Waals surface area contributed by atoms with E-state index in [1.165, 1.54) is 0 Å². The third-order valence-corrected chi connectivity index (χ3v) is 4.81. The third kappa shape index (κ3) is 7.04. The van der Waals surface area contributed by atoms with E-state index in [0.717, 1.165) is 29.4 Å². The first-order valence-corrected chi connectivity index (χ1v) is 9.63. The van der Waals surface area contributed by atoms with Crippen LogP contribution in [0.3, 0.4) is 0 Å². The molecule has 0 radical (unpaired) electrons. The maximum Gasteiger partial charge on any atom is 0.337 e. The Kier molecular flexibility index (Phi) is 10.8. The number of hydrogen-bond acceptors (Lipinski definition) is 5. The van der Waals surface area contributed by atoms with Crippen LogP contribution in [0, 0.1) is 0 Å². The van der Waals surface area contributed by atoms with Crippen molar-refractivity contribution in [3.63, 3.8) is 0 Å². The molecule has 0 heterocycles. The van der Waals surface area contributed by atoms with E-state index < -0.39 is 24.0 Å². The smallest absolute Gasteiger partial charge is 0.337 e. The van der Waals surface area contributed by atoms with E-state index >= 15 is 0 Å². The third-order valence-electron chi connectivity index (χ3n) is 4.81. The fourth-order valence-electron chi connectivity index (χ4n) is 3.22. The van der Waals surface area contributed by atoms with Gasteiger partial charge in [-0.05, 0) is 47.9 Å². The molecule has 0 saturated carbocycles. The molecule has 3 aromatic carbocycles. The van der Waals surface area contributed by atoms with Crippen molar-refractivity contribution in [1.82, 2.24) is 0 Å². The Balaban J connectivity index is 0.000000945. The SMILES string of the molecule is CC(=O)O.COc1ccc(C(C)(c2ccccc2)c2ccc(OC(=O)CO)cc2)cc1.[W]. The fourth-order valence-corrected chi connectivity index (χ4v) is 3.22. The molecular formula is C25H26O6W. The van der Waals surface area contributed by atoms with Crippen molar-refractivity contribution >= 4 is 11.9 Å². The van der Waals surface area contributed by atoms with Crippen LogP contribution in [-0.2, 0) is 36.1 Å². The van der Waals surface area contributed by atoms with Gasteiger partial charge >= 0.3 is 5.97 Å². The Bertz CT molecular complexity index is 983. The van der Waals surface area contributed by atoms with E-state index in [-0.39, 0.29) is 21.1 Å². The molecular weight excluding hydrogens is 580 g/mol. The zero-order chi connectivity index (χ0) is 22.9. The Labute approximate surface area is 202 Å². The van der Waals surface area contributed by atoms with Crippen LogP contribution in [0.25, 0.3) is 0 Å². The molecule has 0 aliphatic carbocycles. The number of aliphatic hydroxyl groups excluding tert-OH is 1. The second kappa shape index (κ2) is 12.8. The number of methoxy groups -OCH3 is 1. The van der Waals surface area contributed by atoms with Gasteiger partial charge in [0.1, 0.15) is 18.1 Å². The molecule has 0 aliphatic heterocycles. The molecule has 32 heavy (non-hydrogen) atoms. The second-order valence-electron chi connectivity index (χ2n) is 6.90. The molecule has 0 saturated heterocycles. The van der Waals surface area contributed by atoms with Gasteiger partial charge in [0.2, 0.25) is 0 Å². The number of esters is 1. The number of benzene rings is 3. The summed E-state index contributed by atoms with van der Waals surface area (Å²) < 4.78 is 10.4. The number of hydrogen-bond donors (Lipinski definition) is 2. The normalized spacial score (nSPS) is 11.6. The zero-order valence-electron chi connectivity index (χ0n) is 18.1. The van der Waals surface area contributed by atoms with Crippen LogP contribution in [-0.4, -0.2) is 35.9 Å². The first-order chi connectivity index (χ1) is 14.8. The number of aliphatic carboxylic acids is 1. The van der Waals surface area contributed by atoms with E-state index in [1.807, 2.05) is 42.5 Å². The van der Waals surface area contributed by atoms with E-state index in [0.29, 0.717) is 5.75 Å². The summed E-state index contributed by atoms with van der Waals surface area (Å²) >= 11 is 0. The number of ether oxygens (including phenoxy) is 2. The summed E-state index contributed by atoms with van der Waals surface area (Å²) in [5.41, 5.74) is 2.93. The van der Waals surface area contributed by atoms with Crippen molar-refractivity contribution in [2.45, 2.75) is 19.3 Å². The van der Waals surface area contributed by atoms with Crippen LogP contribution in [0.5, 0.6) is 11.5 Å². The van der Waals surface area contributed by atoms with E-state index in [2.05, 4.69) is 31.2 Å². The van der Waals surface area contributed by atoms with Gasteiger partial charge in [0.25, 0.3) is 5.97 Å². The molecule has 168 valence electrons. The van der Waals surface area contributed by atoms with Crippen LogP contribution >= 0.6 is 0 Å². The zero-order valence-corrected chi connectivity index (χ0v) is 21.1. The van der Waals surface area contributed by atoms with Gasteiger partial charge in [-0.15, -0.1) is 0 Å². The number of carbonyl (C=O) groups is 2. The Morgan fingerprint density at radius 1 is 0.812 bits per heavy atom. The summed E-state index contributed by atoms with van der Waals surface area (Å²) in [4.78, 5) is 20.3. The molecule has 7 heteroatoms. The number of carboxylic acid groups (broad SMARTS) is 1. The van der Waals surface area contributed by atoms with Gasteiger partial charge in [0.05, 0.1) is 7.11 Å². The Morgan fingerprint density at radius 2 is 1.22 bits per heavy atom. The van der Waals surface area contributed by atoms with Crippen LogP contribution in [0.4, 0.5) is 0 Å². The average Bonchev–Trinajstić information content (AvgIpc) is 2.79. The van der Waals surface area contributed by atoms with Crippen LogP contribution < -0.4 is 9.47 Å². The maximum absolute atomic E-state index is 11.3. The maximum atomic E-state index is 11.3. The number of aliphatic hydroxyl groups is 1. The van der Waals surface area contributed by atoms with Gasteiger partial charge in [-0.1, -0.05) is 54.6 Å². The minimum Gasteiger partial charge on any atom is -0.497 e. The average molecular weight is 606 g/mol. The molecule has 3 rings (SSSR count). The fraction of sp³-hybridized carbons (Fsp3) is 0.200. The largest absolute Gasteiger partial charge is 0.497 e. The van der Waals surface area contributed by atoms with Gasteiger partial charge in [-0.25, -0.2) is 4.79 Å². The van der Waals surface area contributed by atoms with Crippen molar-refractivity contribution in [1.29, 1.82) is 0 Å². The van der Waals surface area contributed by atoms with Gasteiger partial charge < -0.3 is 19.7 Å². The van der Waals surface area contributed by atoms with Crippen molar-refractivity contribution in [3.8, 4) is 11.5 Å². The van der Waals surface area contributed by atoms with Crippen molar-refractivity contribution < 1.29 is 50.3 Å². The molecule has 0 amide bonds. The number of carbonyl (C=O) groups excluding carboxylic acids is 1. The molecule has 1 atom stereocenters. The molecule has 0 fully saturated rings. The summed E-state index contributed by atoms with van der Waals surface area (Å²) in [6.07, 6.45) is 0. The molecule has 3 aromatic rings. The van der Waals surface area contributed by atoms with Crippen molar-refractivity contribution in [2.24, 2.45) is 0 Å². The minimum absolute atomic E-state index is 0. The second-order valence-corrected chi connectivity index (χ2v) is 6.90. The number of carboxylic acids is 1. The molecule has 2 N–H and O–H groups in total. The molecule has 1 unspecified atom stereocenters. The molecule has 0 spiro atoms. The van der Waals surface area contributed by atoms with Crippen LogP contribution in [0.2, 0.25) is 0 Å². The predicted molar refractivity (Wildman–Crippen MR) is 117 cm³/mol. The van der Waals surface area contributed by atoms with E-state index in [1.54, 1.807) is 19.2 Å². The first-order valence-electron chi connectivity index (χ1n) is 9.63. The minimum atomic E-state index is -0.833. The van der Waals surface area contributed by atoms with Gasteiger partial charge in [-0.3, -0.25) is 4.79 Å². The monoisotopic (exact) mass is 606 g/mol.